The summed E-state index contributed by atoms with van der Waals surface area (Å²) < 4.78 is 0. The van der Waals surface area contributed by atoms with E-state index in [4.69, 9.17) is 0 Å². The maximum absolute atomic E-state index is 3.83. The predicted molar refractivity (Wildman–Crippen MR) is 87.8 cm³/mol. The molecule has 0 aromatic carbocycles. The molecule has 3 saturated heterocycles. The molecule has 0 radical (unpaired) electrons. The second-order valence-electron chi connectivity index (χ2n) is 8.67. The first-order valence-corrected chi connectivity index (χ1v) is 8.82. The van der Waals surface area contributed by atoms with Crippen molar-refractivity contribution in [3.05, 3.63) is 0 Å². The first kappa shape index (κ1) is 15.7. The molecule has 3 aliphatic rings. The van der Waals surface area contributed by atoms with Crippen LogP contribution in [0.25, 0.3) is 0 Å². The zero-order valence-corrected chi connectivity index (χ0v) is 14.5. The number of piperidine rings is 1. The Hall–Kier alpha value is -0.160. The van der Waals surface area contributed by atoms with E-state index in [9.17, 15) is 0 Å². The lowest BCUT2D eigenvalue weighted by Gasteiger charge is -2.41. The van der Waals surface area contributed by atoms with E-state index in [1.807, 2.05) is 0 Å². The smallest absolute Gasteiger partial charge is 0.0629 e. The first-order valence-electron chi connectivity index (χ1n) is 8.82. The molecule has 21 heavy (non-hydrogen) atoms. The molecule has 5 atom stereocenters. The average molecular weight is 294 g/mol. The fraction of sp³-hybridized carbons (Fsp3) is 1.00. The first-order chi connectivity index (χ1) is 9.86. The molecule has 3 aliphatic heterocycles. The van der Waals surface area contributed by atoms with Crippen molar-refractivity contribution < 1.29 is 0 Å². The summed E-state index contributed by atoms with van der Waals surface area (Å²) in [5.74, 6) is 1.60. The van der Waals surface area contributed by atoms with Crippen molar-refractivity contribution in [1.82, 2.24) is 20.7 Å². The van der Waals surface area contributed by atoms with Gasteiger partial charge in [-0.05, 0) is 44.1 Å². The van der Waals surface area contributed by atoms with Gasteiger partial charge in [-0.2, -0.15) is 0 Å². The zero-order valence-electron chi connectivity index (χ0n) is 14.5. The van der Waals surface area contributed by atoms with Gasteiger partial charge in [0.25, 0.3) is 0 Å². The second kappa shape index (κ2) is 5.80. The molecule has 0 aliphatic carbocycles. The van der Waals surface area contributed by atoms with Gasteiger partial charge in [0.1, 0.15) is 0 Å². The summed E-state index contributed by atoms with van der Waals surface area (Å²) >= 11 is 0. The molecule has 4 nitrogen and oxygen atoms in total. The van der Waals surface area contributed by atoms with Crippen LogP contribution >= 0.6 is 0 Å². The molecule has 0 aromatic rings. The molecule has 0 amide bonds. The molecular formula is C17H34N4. The van der Waals surface area contributed by atoms with E-state index in [1.165, 1.54) is 38.9 Å². The Morgan fingerprint density at radius 3 is 2.62 bits per heavy atom. The van der Waals surface area contributed by atoms with Gasteiger partial charge in [0.05, 0.1) is 6.17 Å². The van der Waals surface area contributed by atoms with E-state index >= 15 is 0 Å². The van der Waals surface area contributed by atoms with Crippen molar-refractivity contribution in [3.8, 4) is 0 Å². The highest BCUT2D eigenvalue weighted by Gasteiger charge is 2.47. The molecular weight excluding hydrogens is 260 g/mol. The van der Waals surface area contributed by atoms with Crippen LogP contribution in [0.3, 0.4) is 0 Å². The lowest BCUT2D eigenvalue weighted by Crippen LogP contribution is -2.54. The van der Waals surface area contributed by atoms with Crippen molar-refractivity contribution in [3.63, 3.8) is 0 Å². The Morgan fingerprint density at radius 2 is 2.00 bits per heavy atom. The minimum absolute atomic E-state index is 0.375. The molecule has 0 aromatic heterocycles. The summed E-state index contributed by atoms with van der Waals surface area (Å²) in [7, 11) is 2.17. The molecule has 2 N–H and O–H groups in total. The fourth-order valence-electron chi connectivity index (χ4n) is 4.78. The summed E-state index contributed by atoms with van der Waals surface area (Å²) in [5, 5.41) is 6.09. The number of nitrogens with one attached hydrogen (secondary N) is 2. The number of nitrogens with zero attached hydrogens (tertiary/aromatic N) is 2. The minimum Gasteiger partial charge on any atom is -0.301 e. The van der Waals surface area contributed by atoms with E-state index in [0.29, 0.717) is 17.6 Å². The van der Waals surface area contributed by atoms with Crippen LogP contribution in [-0.2, 0) is 0 Å². The largest absolute Gasteiger partial charge is 0.301 e. The summed E-state index contributed by atoms with van der Waals surface area (Å²) in [6, 6.07) is 1.31. The molecule has 0 bridgehead atoms. The number of hydrogen-bond donors (Lipinski definition) is 2. The van der Waals surface area contributed by atoms with Crippen LogP contribution in [0.4, 0.5) is 0 Å². The SMILES string of the molecule is CC1NN(C)CC1CN1C2NCCCC2CC1C(C)(C)C. The van der Waals surface area contributed by atoms with Gasteiger partial charge in [-0.25, -0.2) is 5.01 Å². The highest BCUT2D eigenvalue weighted by molar-refractivity contribution is 5.00. The highest BCUT2D eigenvalue weighted by Crippen LogP contribution is 2.42. The molecule has 3 rings (SSSR count). The molecule has 3 heterocycles. The third-order valence-electron chi connectivity index (χ3n) is 5.92. The fourth-order valence-corrected chi connectivity index (χ4v) is 4.78. The van der Waals surface area contributed by atoms with Gasteiger partial charge in [0.2, 0.25) is 0 Å². The summed E-state index contributed by atoms with van der Waals surface area (Å²) in [6.45, 7) is 13.2. The minimum atomic E-state index is 0.375. The maximum Gasteiger partial charge on any atom is 0.0629 e. The lowest BCUT2D eigenvalue weighted by molar-refractivity contribution is 0.0656. The van der Waals surface area contributed by atoms with Crippen molar-refractivity contribution >= 4 is 0 Å². The highest BCUT2D eigenvalue weighted by atomic mass is 15.5. The van der Waals surface area contributed by atoms with Crippen LogP contribution in [0.15, 0.2) is 0 Å². The topological polar surface area (TPSA) is 30.5 Å². The van der Waals surface area contributed by atoms with Gasteiger partial charge >= 0.3 is 0 Å². The molecule has 4 heteroatoms. The monoisotopic (exact) mass is 294 g/mol. The van der Waals surface area contributed by atoms with Crippen LogP contribution in [0.5, 0.6) is 0 Å². The molecule has 0 saturated carbocycles. The number of likely N-dealkylation sites (tertiary alicyclic amines) is 1. The Bertz CT molecular complexity index is 364. The van der Waals surface area contributed by atoms with E-state index in [-0.39, 0.29) is 0 Å². The molecule has 3 fully saturated rings. The van der Waals surface area contributed by atoms with Crippen molar-refractivity contribution in [2.75, 3.05) is 26.7 Å². The van der Waals surface area contributed by atoms with Gasteiger partial charge in [-0.3, -0.25) is 10.3 Å². The van der Waals surface area contributed by atoms with Crippen molar-refractivity contribution in [2.45, 2.75) is 65.2 Å². The Kier molecular flexibility index (Phi) is 4.34. The van der Waals surface area contributed by atoms with Crippen molar-refractivity contribution in [2.24, 2.45) is 17.3 Å². The summed E-state index contributed by atoms with van der Waals surface area (Å²) in [6.07, 6.45) is 4.78. The number of rotatable bonds is 2. The molecule has 0 spiro atoms. The van der Waals surface area contributed by atoms with E-state index in [1.54, 1.807) is 0 Å². The Balaban J connectivity index is 1.75. The second-order valence-corrected chi connectivity index (χ2v) is 8.67. The standard InChI is InChI=1S/C17H34N4/c1-12-14(10-20(5)19-12)11-21-15(17(2,3)4)9-13-7-6-8-18-16(13)21/h12-16,18-19H,6-11H2,1-5H3. The number of hydrogen-bond acceptors (Lipinski definition) is 4. The summed E-state index contributed by atoms with van der Waals surface area (Å²) in [4.78, 5) is 2.83. The van der Waals surface area contributed by atoms with Gasteiger partial charge in [0, 0.05) is 38.1 Å². The van der Waals surface area contributed by atoms with Crippen LogP contribution < -0.4 is 10.7 Å². The van der Waals surface area contributed by atoms with Crippen LogP contribution in [0, 0.1) is 17.3 Å². The van der Waals surface area contributed by atoms with Crippen molar-refractivity contribution in [1.29, 1.82) is 0 Å². The third-order valence-corrected chi connectivity index (χ3v) is 5.92. The van der Waals surface area contributed by atoms with E-state index in [0.717, 1.165) is 17.9 Å². The lowest BCUT2D eigenvalue weighted by atomic mass is 9.82. The molecule has 5 unspecified atom stereocenters. The van der Waals surface area contributed by atoms with Gasteiger partial charge in [-0.1, -0.05) is 20.8 Å². The normalized spacial score (nSPS) is 42.4. The van der Waals surface area contributed by atoms with E-state index in [2.05, 4.69) is 55.4 Å². The Morgan fingerprint density at radius 1 is 1.24 bits per heavy atom. The number of fused-ring (bicyclic) bond motifs is 1. The van der Waals surface area contributed by atoms with Crippen LogP contribution in [0.2, 0.25) is 0 Å². The van der Waals surface area contributed by atoms with Crippen LogP contribution in [-0.4, -0.2) is 54.8 Å². The van der Waals surface area contributed by atoms with Crippen LogP contribution in [0.1, 0.15) is 47.0 Å². The quantitative estimate of drug-likeness (QED) is 0.814. The predicted octanol–water partition coefficient (Wildman–Crippen LogP) is 1.89. The van der Waals surface area contributed by atoms with E-state index < -0.39 is 0 Å². The molecule has 122 valence electrons. The average Bonchev–Trinajstić information content (AvgIpc) is 2.91. The summed E-state index contributed by atoms with van der Waals surface area (Å²) in [5.41, 5.74) is 3.93. The third kappa shape index (κ3) is 3.14. The van der Waals surface area contributed by atoms with Gasteiger partial charge < -0.3 is 5.32 Å². The Labute approximate surface area is 130 Å². The zero-order chi connectivity index (χ0) is 15.2. The number of hydrazine groups is 1. The maximum atomic E-state index is 3.83. The van der Waals surface area contributed by atoms with Gasteiger partial charge in [0.15, 0.2) is 0 Å². The van der Waals surface area contributed by atoms with Gasteiger partial charge in [-0.15, -0.1) is 0 Å².